The molecule has 5 heteroatoms. The molecule has 0 amide bonds. The molecule has 0 atom stereocenters. The molecule has 1 heterocycles. The molecule has 84 valence electrons. The van der Waals surface area contributed by atoms with Crippen molar-refractivity contribution >= 4 is 11.8 Å². The third kappa shape index (κ3) is 2.84. The minimum absolute atomic E-state index is 0.294. The van der Waals surface area contributed by atoms with Gasteiger partial charge in [0, 0.05) is 4.90 Å². The van der Waals surface area contributed by atoms with Crippen LogP contribution in [0.5, 0.6) is 0 Å². The predicted molar refractivity (Wildman–Crippen MR) is 62.9 cm³/mol. The average Bonchev–Trinajstić information content (AvgIpc) is 2.74. The molecular weight excluding hydrogens is 222 g/mol. The molecule has 2 rings (SSSR count). The van der Waals surface area contributed by atoms with Crippen LogP contribution in [0.3, 0.4) is 0 Å². The van der Waals surface area contributed by atoms with Gasteiger partial charge in [-0.3, -0.25) is 0 Å². The van der Waals surface area contributed by atoms with Gasteiger partial charge in [-0.25, -0.2) is 0 Å². The average molecular weight is 235 g/mol. The Morgan fingerprint density at radius 3 is 3.00 bits per heavy atom. The molecule has 1 aromatic carbocycles. The fraction of sp³-hybridized carbons (Fsp3) is 0.273. The van der Waals surface area contributed by atoms with Crippen molar-refractivity contribution < 1.29 is 4.52 Å². The summed E-state index contributed by atoms with van der Waals surface area (Å²) in [6, 6.07) is 8.32. The number of nitrogens with zero attached hydrogens (tertiary/aromatic N) is 2. The summed E-state index contributed by atoms with van der Waals surface area (Å²) < 4.78 is 4.93. The highest BCUT2D eigenvalue weighted by Crippen LogP contribution is 2.22. The topological polar surface area (TPSA) is 64.9 Å². The molecule has 0 bridgehead atoms. The van der Waals surface area contributed by atoms with Gasteiger partial charge in [0.05, 0.1) is 12.3 Å². The van der Waals surface area contributed by atoms with Gasteiger partial charge in [-0.15, -0.1) is 11.8 Å². The molecule has 16 heavy (non-hydrogen) atoms. The number of nitrogens with two attached hydrogens (primary N) is 1. The lowest BCUT2D eigenvalue weighted by Gasteiger charge is -1.99. The van der Waals surface area contributed by atoms with Crippen molar-refractivity contribution in [1.82, 2.24) is 10.1 Å². The maximum absolute atomic E-state index is 5.39. The molecule has 0 unspecified atom stereocenters. The summed E-state index contributed by atoms with van der Waals surface area (Å²) in [4.78, 5) is 5.35. The van der Waals surface area contributed by atoms with E-state index in [1.165, 1.54) is 10.5 Å². The molecule has 0 aliphatic carbocycles. The fourth-order valence-electron chi connectivity index (χ4n) is 1.28. The number of aromatic nitrogens is 2. The van der Waals surface area contributed by atoms with Crippen LogP contribution in [-0.2, 0) is 12.3 Å². The largest absolute Gasteiger partial charge is 0.338 e. The minimum Gasteiger partial charge on any atom is -0.338 e. The summed E-state index contributed by atoms with van der Waals surface area (Å²) in [7, 11) is 0. The molecule has 0 saturated carbocycles. The SMILES string of the molecule is Cc1cccc(SCc2noc(CN)n2)c1. The Balaban J connectivity index is 1.96. The first kappa shape index (κ1) is 11.2. The van der Waals surface area contributed by atoms with Crippen molar-refractivity contribution in [3.8, 4) is 0 Å². The van der Waals surface area contributed by atoms with Gasteiger partial charge in [-0.1, -0.05) is 22.9 Å². The van der Waals surface area contributed by atoms with E-state index in [0.29, 0.717) is 24.0 Å². The van der Waals surface area contributed by atoms with Crippen LogP contribution in [0.1, 0.15) is 17.3 Å². The molecular formula is C11H13N3OS. The Morgan fingerprint density at radius 1 is 1.44 bits per heavy atom. The summed E-state index contributed by atoms with van der Waals surface area (Å²) in [5, 5.41) is 3.84. The van der Waals surface area contributed by atoms with Gasteiger partial charge in [-0.05, 0) is 19.1 Å². The summed E-state index contributed by atoms with van der Waals surface area (Å²) in [5.74, 6) is 1.87. The smallest absolute Gasteiger partial charge is 0.240 e. The van der Waals surface area contributed by atoms with Crippen molar-refractivity contribution in [1.29, 1.82) is 0 Å². The number of benzene rings is 1. The Labute approximate surface area is 98.2 Å². The lowest BCUT2D eigenvalue weighted by molar-refractivity contribution is 0.376. The van der Waals surface area contributed by atoms with Crippen molar-refractivity contribution in [2.45, 2.75) is 24.1 Å². The normalized spacial score (nSPS) is 10.6. The van der Waals surface area contributed by atoms with E-state index in [0.717, 1.165) is 0 Å². The molecule has 4 nitrogen and oxygen atoms in total. The van der Waals surface area contributed by atoms with Gasteiger partial charge < -0.3 is 10.3 Å². The van der Waals surface area contributed by atoms with E-state index in [4.69, 9.17) is 10.3 Å². The van der Waals surface area contributed by atoms with Gasteiger partial charge in [0.25, 0.3) is 0 Å². The number of thioether (sulfide) groups is 1. The Morgan fingerprint density at radius 2 is 2.31 bits per heavy atom. The molecule has 0 aliphatic heterocycles. The molecule has 2 aromatic rings. The molecule has 0 saturated heterocycles. The van der Waals surface area contributed by atoms with E-state index >= 15 is 0 Å². The number of aryl methyl sites for hydroxylation is 1. The Bertz CT molecular complexity index is 470. The van der Waals surface area contributed by atoms with E-state index in [2.05, 4.69) is 35.3 Å². The van der Waals surface area contributed by atoms with Crippen molar-refractivity contribution in [2.75, 3.05) is 0 Å². The van der Waals surface area contributed by atoms with Crippen molar-refractivity contribution in [2.24, 2.45) is 5.73 Å². The van der Waals surface area contributed by atoms with E-state index in [1.807, 2.05) is 6.07 Å². The van der Waals surface area contributed by atoms with Crippen LogP contribution in [-0.4, -0.2) is 10.1 Å². The lowest BCUT2D eigenvalue weighted by atomic mass is 10.2. The van der Waals surface area contributed by atoms with Crippen molar-refractivity contribution in [3.63, 3.8) is 0 Å². The van der Waals surface area contributed by atoms with Crippen LogP contribution in [0.15, 0.2) is 33.7 Å². The lowest BCUT2D eigenvalue weighted by Crippen LogP contribution is -1.96. The first-order valence-corrected chi connectivity index (χ1v) is 5.97. The van der Waals surface area contributed by atoms with E-state index < -0.39 is 0 Å². The zero-order valence-corrected chi connectivity index (χ0v) is 9.83. The second-order valence-electron chi connectivity index (χ2n) is 3.41. The van der Waals surface area contributed by atoms with Gasteiger partial charge in [0.15, 0.2) is 5.82 Å². The third-order valence-corrected chi connectivity index (χ3v) is 3.03. The number of rotatable bonds is 4. The first-order valence-electron chi connectivity index (χ1n) is 4.99. The number of hydrogen-bond donors (Lipinski definition) is 1. The Hall–Kier alpha value is -1.33. The van der Waals surface area contributed by atoms with Crippen molar-refractivity contribution in [3.05, 3.63) is 41.5 Å². The monoisotopic (exact) mass is 235 g/mol. The van der Waals surface area contributed by atoms with Gasteiger partial charge >= 0.3 is 0 Å². The molecule has 0 aliphatic rings. The molecule has 2 N–H and O–H groups in total. The van der Waals surface area contributed by atoms with Gasteiger partial charge in [-0.2, -0.15) is 4.98 Å². The van der Waals surface area contributed by atoms with E-state index in [-0.39, 0.29) is 0 Å². The maximum atomic E-state index is 5.39. The maximum Gasteiger partial charge on any atom is 0.240 e. The van der Waals surface area contributed by atoms with E-state index in [1.54, 1.807) is 11.8 Å². The van der Waals surface area contributed by atoms with Gasteiger partial charge in [0.2, 0.25) is 5.89 Å². The summed E-state index contributed by atoms with van der Waals surface area (Å²) in [6.45, 7) is 2.37. The highest BCUT2D eigenvalue weighted by Gasteiger charge is 2.04. The molecule has 0 fully saturated rings. The van der Waals surface area contributed by atoms with Crippen LogP contribution in [0.25, 0.3) is 0 Å². The highest BCUT2D eigenvalue weighted by atomic mass is 32.2. The second-order valence-corrected chi connectivity index (χ2v) is 4.46. The molecule has 0 spiro atoms. The highest BCUT2D eigenvalue weighted by molar-refractivity contribution is 7.98. The van der Waals surface area contributed by atoms with Crippen LogP contribution in [0.4, 0.5) is 0 Å². The van der Waals surface area contributed by atoms with Crippen LogP contribution in [0, 0.1) is 6.92 Å². The fourth-order valence-corrected chi connectivity index (χ4v) is 2.14. The van der Waals surface area contributed by atoms with Crippen LogP contribution in [0.2, 0.25) is 0 Å². The van der Waals surface area contributed by atoms with Crippen LogP contribution < -0.4 is 5.73 Å². The van der Waals surface area contributed by atoms with Gasteiger partial charge in [0.1, 0.15) is 0 Å². The standard InChI is InChI=1S/C11H13N3OS/c1-8-3-2-4-9(5-8)16-7-10-13-11(6-12)15-14-10/h2-5H,6-7,12H2,1H3. The zero-order valence-electron chi connectivity index (χ0n) is 9.01. The van der Waals surface area contributed by atoms with Crippen LogP contribution >= 0.6 is 11.8 Å². The third-order valence-electron chi connectivity index (χ3n) is 2.04. The Kier molecular flexibility index (Phi) is 3.58. The first-order chi connectivity index (χ1) is 7.78. The quantitative estimate of drug-likeness (QED) is 0.822. The predicted octanol–water partition coefficient (Wildman–Crippen LogP) is 2.13. The second kappa shape index (κ2) is 5.14. The minimum atomic E-state index is 0.294. The number of hydrogen-bond acceptors (Lipinski definition) is 5. The summed E-state index contributed by atoms with van der Waals surface area (Å²) in [5.41, 5.74) is 6.64. The summed E-state index contributed by atoms with van der Waals surface area (Å²) in [6.07, 6.45) is 0. The summed E-state index contributed by atoms with van der Waals surface area (Å²) >= 11 is 1.69. The zero-order chi connectivity index (χ0) is 11.4. The van der Waals surface area contributed by atoms with E-state index in [9.17, 15) is 0 Å². The molecule has 0 radical (unpaired) electrons. The molecule has 1 aromatic heterocycles.